The van der Waals surface area contributed by atoms with Gasteiger partial charge in [0.15, 0.2) is 5.96 Å². The molecule has 2 bridgehead atoms. The Balaban J connectivity index is 1.54. The van der Waals surface area contributed by atoms with Crippen molar-refractivity contribution in [3.05, 3.63) is 35.9 Å². The number of nitrogens with one attached hydrogen (secondary N) is 1. The Morgan fingerprint density at radius 2 is 1.73 bits per heavy atom. The number of hydrogen-bond acceptors (Lipinski definition) is 2. The van der Waals surface area contributed by atoms with E-state index in [0.29, 0.717) is 0 Å². The molecule has 0 aromatic heterocycles. The van der Waals surface area contributed by atoms with E-state index < -0.39 is 0 Å². The Labute approximate surface area is 156 Å². The van der Waals surface area contributed by atoms with Gasteiger partial charge in [-0.1, -0.05) is 30.3 Å². The van der Waals surface area contributed by atoms with Crippen LogP contribution in [0, 0.1) is 5.41 Å². The molecule has 0 spiro atoms. The number of quaternary nitrogens is 1. The standard InChI is InChI=1S/C19H32N7/c20-18(21)23-19(22)25(9-7-17-5-2-1-3-6-17)8-4-13-26-14-10-24(11-15-26)12-16-26/h1-3,5-6H,4,7-16H2,(H5,20,21,22,23)/q+1. The summed E-state index contributed by atoms with van der Waals surface area (Å²) in [6, 6.07) is 10.4. The number of aliphatic imine (C=N–C) groups is 1. The van der Waals surface area contributed by atoms with Gasteiger partial charge in [0.2, 0.25) is 5.96 Å². The molecule has 3 aliphatic rings. The highest BCUT2D eigenvalue weighted by Crippen LogP contribution is 2.20. The molecule has 0 radical (unpaired) electrons. The van der Waals surface area contributed by atoms with Gasteiger partial charge in [-0.25, -0.2) is 0 Å². The van der Waals surface area contributed by atoms with Crippen molar-refractivity contribution < 1.29 is 4.48 Å². The zero-order valence-electron chi connectivity index (χ0n) is 15.6. The van der Waals surface area contributed by atoms with E-state index in [-0.39, 0.29) is 11.9 Å². The third kappa shape index (κ3) is 4.95. The molecule has 7 heteroatoms. The molecule has 0 aliphatic carbocycles. The first-order chi connectivity index (χ1) is 12.6. The van der Waals surface area contributed by atoms with Crippen molar-refractivity contribution in [2.24, 2.45) is 16.5 Å². The van der Waals surface area contributed by atoms with Gasteiger partial charge in [-0.15, -0.1) is 0 Å². The van der Waals surface area contributed by atoms with E-state index in [1.807, 2.05) is 23.1 Å². The van der Waals surface area contributed by atoms with E-state index in [0.717, 1.165) is 25.9 Å². The first-order valence-electron chi connectivity index (χ1n) is 9.61. The summed E-state index contributed by atoms with van der Waals surface area (Å²) in [5.74, 6) is 0.123. The fraction of sp³-hybridized carbons (Fsp3) is 0.579. The predicted molar refractivity (Wildman–Crippen MR) is 106 cm³/mol. The average Bonchev–Trinajstić information content (AvgIpc) is 2.66. The number of piperazine rings is 3. The number of fused-ring (bicyclic) bond motifs is 3. The summed E-state index contributed by atoms with van der Waals surface area (Å²) in [4.78, 5) is 8.55. The summed E-state index contributed by atoms with van der Waals surface area (Å²) in [6.07, 6.45) is 1.95. The first-order valence-corrected chi connectivity index (χ1v) is 9.61. The quantitative estimate of drug-likeness (QED) is 0.371. The SMILES string of the molecule is N=C(N=C(N)N)N(CCC[N+]12CCN(CC1)CC2)CCc1ccccc1. The molecule has 7 nitrogen and oxygen atoms in total. The molecular formula is C19H32N7+. The van der Waals surface area contributed by atoms with E-state index in [1.54, 1.807) is 0 Å². The van der Waals surface area contributed by atoms with Crippen LogP contribution in [0.2, 0.25) is 0 Å². The Bertz CT molecular complexity index is 602. The Morgan fingerprint density at radius 1 is 1.08 bits per heavy atom. The fourth-order valence-electron chi connectivity index (χ4n) is 4.09. The summed E-state index contributed by atoms with van der Waals surface area (Å²) >= 11 is 0. The normalized spacial score (nSPS) is 24.2. The van der Waals surface area contributed by atoms with Gasteiger partial charge in [-0.3, -0.25) is 10.3 Å². The average molecular weight is 359 g/mol. The highest BCUT2D eigenvalue weighted by molar-refractivity contribution is 5.91. The molecule has 0 amide bonds. The van der Waals surface area contributed by atoms with Crippen LogP contribution in [0.25, 0.3) is 0 Å². The molecule has 4 rings (SSSR count). The monoisotopic (exact) mass is 358 g/mol. The molecule has 0 saturated carbocycles. The molecule has 142 valence electrons. The Hall–Kier alpha value is -2.12. The molecular weight excluding hydrogens is 326 g/mol. The topological polar surface area (TPSA) is 94.7 Å². The second-order valence-corrected chi connectivity index (χ2v) is 7.51. The van der Waals surface area contributed by atoms with Gasteiger partial charge in [0.05, 0.1) is 26.2 Å². The number of benzene rings is 1. The minimum atomic E-state index is -0.0475. The summed E-state index contributed by atoms with van der Waals surface area (Å²) in [5, 5.41) is 8.23. The lowest BCUT2D eigenvalue weighted by Gasteiger charge is -2.50. The number of hydrogen-bond donors (Lipinski definition) is 3. The first kappa shape index (κ1) is 18.7. The molecule has 3 heterocycles. The Morgan fingerprint density at radius 3 is 2.35 bits per heavy atom. The van der Waals surface area contributed by atoms with Crippen LogP contribution in [-0.2, 0) is 6.42 Å². The van der Waals surface area contributed by atoms with Crippen LogP contribution >= 0.6 is 0 Å². The van der Waals surface area contributed by atoms with Crippen molar-refractivity contribution in [1.29, 1.82) is 5.41 Å². The van der Waals surface area contributed by atoms with Gasteiger partial charge in [-0.05, 0) is 12.0 Å². The maximum Gasteiger partial charge on any atom is 0.221 e. The van der Waals surface area contributed by atoms with Crippen molar-refractivity contribution in [3.63, 3.8) is 0 Å². The zero-order chi connectivity index (χ0) is 18.4. The molecule has 1 aromatic rings. The van der Waals surface area contributed by atoms with E-state index in [4.69, 9.17) is 16.9 Å². The van der Waals surface area contributed by atoms with Crippen LogP contribution in [0.1, 0.15) is 12.0 Å². The lowest BCUT2D eigenvalue weighted by molar-refractivity contribution is -0.941. The summed E-state index contributed by atoms with van der Waals surface area (Å²) < 4.78 is 1.25. The van der Waals surface area contributed by atoms with Crippen molar-refractivity contribution in [2.75, 3.05) is 58.9 Å². The van der Waals surface area contributed by atoms with Crippen LogP contribution < -0.4 is 11.5 Å². The van der Waals surface area contributed by atoms with Crippen LogP contribution in [-0.4, -0.2) is 85.1 Å². The van der Waals surface area contributed by atoms with Gasteiger partial charge in [0.1, 0.15) is 0 Å². The van der Waals surface area contributed by atoms with Gasteiger partial charge < -0.3 is 20.9 Å². The van der Waals surface area contributed by atoms with Crippen molar-refractivity contribution in [2.45, 2.75) is 12.8 Å². The largest absolute Gasteiger partial charge is 0.370 e. The van der Waals surface area contributed by atoms with Crippen molar-refractivity contribution >= 4 is 11.9 Å². The van der Waals surface area contributed by atoms with Crippen molar-refractivity contribution in [1.82, 2.24) is 9.80 Å². The minimum absolute atomic E-state index is 0.0475. The van der Waals surface area contributed by atoms with Gasteiger partial charge >= 0.3 is 0 Å². The maximum atomic E-state index is 8.23. The third-order valence-corrected chi connectivity index (χ3v) is 5.78. The summed E-state index contributed by atoms with van der Waals surface area (Å²) in [6.45, 7) is 10.3. The van der Waals surface area contributed by atoms with Crippen LogP contribution in [0.3, 0.4) is 0 Å². The molecule has 1 aromatic carbocycles. The molecule has 0 unspecified atom stereocenters. The molecule has 3 saturated heterocycles. The maximum absolute atomic E-state index is 8.23. The number of nitrogens with zero attached hydrogens (tertiary/aromatic N) is 4. The molecule has 26 heavy (non-hydrogen) atoms. The number of rotatable bonds is 7. The molecule has 5 N–H and O–H groups in total. The third-order valence-electron chi connectivity index (χ3n) is 5.78. The molecule has 0 atom stereocenters. The van der Waals surface area contributed by atoms with Crippen molar-refractivity contribution in [3.8, 4) is 0 Å². The van der Waals surface area contributed by atoms with Gasteiger partial charge in [0.25, 0.3) is 0 Å². The van der Waals surface area contributed by atoms with Crippen LogP contribution in [0.4, 0.5) is 0 Å². The minimum Gasteiger partial charge on any atom is -0.370 e. The summed E-state index contributed by atoms with van der Waals surface area (Å²) in [5.41, 5.74) is 12.2. The lowest BCUT2D eigenvalue weighted by atomic mass is 10.1. The van der Waals surface area contributed by atoms with E-state index in [9.17, 15) is 0 Å². The second kappa shape index (κ2) is 8.51. The van der Waals surface area contributed by atoms with E-state index in [1.165, 1.54) is 55.9 Å². The summed E-state index contributed by atoms with van der Waals surface area (Å²) in [7, 11) is 0. The van der Waals surface area contributed by atoms with Crippen LogP contribution in [0.15, 0.2) is 35.3 Å². The Kier molecular flexibility index (Phi) is 6.11. The molecule has 3 aliphatic heterocycles. The zero-order valence-corrected chi connectivity index (χ0v) is 15.6. The van der Waals surface area contributed by atoms with Gasteiger partial charge in [0, 0.05) is 39.1 Å². The highest BCUT2D eigenvalue weighted by Gasteiger charge is 2.37. The van der Waals surface area contributed by atoms with Crippen LogP contribution in [0.5, 0.6) is 0 Å². The highest BCUT2D eigenvalue weighted by atomic mass is 15.5. The number of nitrogens with two attached hydrogens (primary N) is 2. The molecule has 3 fully saturated rings. The van der Waals surface area contributed by atoms with E-state index in [2.05, 4.69) is 22.0 Å². The van der Waals surface area contributed by atoms with Gasteiger partial charge in [-0.2, -0.15) is 4.99 Å². The lowest BCUT2D eigenvalue weighted by Crippen LogP contribution is -2.67. The fourth-order valence-corrected chi connectivity index (χ4v) is 4.09. The number of guanidine groups is 2. The smallest absolute Gasteiger partial charge is 0.221 e. The van der Waals surface area contributed by atoms with E-state index >= 15 is 0 Å². The second-order valence-electron chi connectivity index (χ2n) is 7.51. The predicted octanol–water partition coefficient (Wildman–Crippen LogP) is 0.275.